The predicted octanol–water partition coefficient (Wildman–Crippen LogP) is 1.84. The number of hydrogen-bond donors (Lipinski definition) is 4. The SMILES string of the molecule is COc1ccc2c(c1)C[C@H](C(=O)Nc1ccc(-c3cn[nH]c3)cc1C(N)=O)NC2. The van der Waals surface area contributed by atoms with Gasteiger partial charge in [0.1, 0.15) is 5.75 Å². The molecule has 0 bridgehead atoms. The number of hydrogen-bond acceptors (Lipinski definition) is 5. The maximum atomic E-state index is 12.8. The van der Waals surface area contributed by atoms with E-state index < -0.39 is 11.9 Å². The van der Waals surface area contributed by atoms with Crippen LogP contribution in [0.1, 0.15) is 21.5 Å². The van der Waals surface area contributed by atoms with Gasteiger partial charge >= 0.3 is 0 Å². The highest BCUT2D eigenvalue weighted by molar-refractivity contribution is 6.05. The lowest BCUT2D eigenvalue weighted by Gasteiger charge is -2.26. The Kier molecular flexibility index (Phi) is 5.01. The summed E-state index contributed by atoms with van der Waals surface area (Å²) in [6.07, 6.45) is 3.89. The van der Waals surface area contributed by atoms with Crippen LogP contribution in [0.5, 0.6) is 5.75 Å². The van der Waals surface area contributed by atoms with Crippen molar-refractivity contribution >= 4 is 17.5 Å². The van der Waals surface area contributed by atoms with Gasteiger partial charge in [-0.05, 0) is 47.4 Å². The molecule has 1 aromatic heterocycles. The summed E-state index contributed by atoms with van der Waals surface area (Å²) < 4.78 is 5.28. The summed E-state index contributed by atoms with van der Waals surface area (Å²) in [5, 5.41) is 12.7. The van der Waals surface area contributed by atoms with Crippen LogP contribution >= 0.6 is 0 Å². The largest absolute Gasteiger partial charge is 0.497 e. The number of carbonyl (C=O) groups is 2. The molecule has 0 aliphatic carbocycles. The second-order valence-electron chi connectivity index (χ2n) is 6.87. The number of nitrogens with two attached hydrogens (primary N) is 1. The third kappa shape index (κ3) is 3.83. The van der Waals surface area contributed by atoms with E-state index in [4.69, 9.17) is 10.5 Å². The zero-order valence-corrected chi connectivity index (χ0v) is 15.9. The van der Waals surface area contributed by atoms with E-state index in [1.54, 1.807) is 37.7 Å². The van der Waals surface area contributed by atoms with Gasteiger partial charge in [0.15, 0.2) is 0 Å². The highest BCUT2D eigenvalue weighted by Gasteiger charge is 2.25. The second kappa shape index (κ2) is 7.76. The standard InChI is InChI=1S/C21H21N5O3/c1-29-16-4-2-13-9-23-19(8-14(13)6-16)21(28)26-18-5-3-12(7-17(18)20(22)27)15-10-24-25-11-15/h2-7,10-11,19,23H,8-9H2,1H3,(H2,22,27)(H,24,25)(H,26,28)/t19-/m1/s1. The van der Waals surface area contributed by atoms with Gasteiger partial charge in [-0.3, -0.25) is 14.7 Å². The number of nitrogens with one attached hydrogen (secondary N) is 3. The molecule has 2 heterocycles. The van der Waals surface area contributed by atoms with Crippen molar-refractivity contribution in [2.75, 3.05) is 12.4 Å². The quantitative estimate of drug-likeness (QED) is 0.529. The molecule has 0 saturated heterocycles. The number of methoxy groups -OCH3 is 1. The van der Waals surface area contributed by atoms with Crippen molar-refractivity contribution in [1.29, 1.82) is 0 Å². The molecule has 4 rings (SSSR count). The van der Waals surface area contributed by atoms with E-state index in [1.807, 2.05) is 18.2 Å². The Morgan fingerprint density at radius 1 is 1.17 bits per heavy atom. The number of nitrogens with zero attached hydrogens (tertiary/aromatic N) is 1. The van der Waals surface area contributed by atoms with Gasteiger partial charge in [0, 0.05) is 18.3 Å². The maximum absolute atomic E-state index is 12.8. The summed E-state index contributed by atoms with van der Waals surface area (Å²) in [6, 6.07) is 10.6. The van der Waals surface area contributed by atoms with Crippen LogP contribution in [-0.2, 0) is 17.8 Å². The maximum Gasteiger partial charge on any atom is 0.250 e. The number of carbonyl (C=O) groups excluding carboxylic acids is 2. The molecule has 8 heteroatoms. The first-order valence-electron chi connectivity index (χ1n) is 9.18. The number of ether oxygens (including phenoxy) is 1. The fourth-order valence-corrected chi connectivity index (χ4v) is 3.47. The van der Waals surface area contributed by atoms with E-state index in [-0.39, 0.29) is 11.5 Å². The molecular weight excluding hydrogens is 370 g/mol. The predicted molar refractivity (Wildman–Crippen MR) is 108 cm³/mol. The van der Waals surface area contributed by atoms with Gasteiger partial charge in [0.25, 0.3) is 5.91 Å². The third-order valence-corrected chi connectivity index (χ3v) is 5.07. The number of rotatable bonds is 5. The highest BCUT2D eigenvalue weighted by Crippen LogP contribution is 2.26. The lowest BCUT2D eigenvalue weighted by atomic mass is 9.95. The number of H-pyrrole nitrogens is 1. The van der Waals surface area contributed by atoms with Crippen molar-refractivity contribution in [3.8, 4) is 16.9 Å². The highest BCUT2D eigenvalue weighted by atomic mass is 16.5. The van der Waals surface area contributed by atoms with Crippen molar-refractivity contribution < 1.29 is 14.3 Å². The fourth-order valence-electron chi connectivity index (χ4n) is 3.47. The molecule has 8 nitrogen and oxygen atoms in total. The van der Waals surface area contributed by atoms with Gasteiger partial charge in [0.2, 0.25) is 5.91 Å². The van der Waals surface area contributed by atoms with Crippen molar-refractivity contribution in [3.63, 3.8) is 0 Å². The summed E-state index contributed by atoms with van der Waals surface area (Å²) in [4.78, 5) is 24.8. The zero-order valence-electron chi connectivity index (χ0n) is 15.9. The smallest absolute Gasteiger partial charge is 0.250 e. The first-order chi connectivity index (χ1) is 14.0. The summed E-state index contributed by atoms with van der Waals surface area (Å²) in [5.41, 5.74) is 9.97. The second-order valence-corrected chi connectivity index (χ2v) is 6.87. The van der Waals surface area contributed by atoms with Crippen LogP contribution in [0.15, 0.2) is 48.8 Å². The summed E-state index contributed by atoms with van der Waals surface area (Å²) in [6.45, 7) is 0.583. The van der Waals surface area contributed by atoms with Gasteiger partial charge in [-0.15, -0.1) is 0 Å². The van der Waals surface area contributed by atoms with Gasteiger partial charge in [0.05, 0.1) is 30.6 Å². The van der Waals surface area contributed by atoms with Crippen LogP contribution in [0, 0.1) is 0 Å². The van der Waals surface area contributed by atoms with Crippen LogP contribution in [-0.4, -0.2) is 35.2 Å². The molecule has 0 saturated carbocycles. The number of benzene rings is 2. The van der Waals surface area contributed by atoms with Crippen LogP contribution in [0.3, 0.4) is 0 Å². The minimum Gasteiger partial charge on any atom is -0.497 e. The Morgan fingerprint density at radius 2 is 2.03 bits per heavy atom. The van der Waals surface area contributed by atoms with E-state index in [0.29, 0.717) is 18.7 Å². The first kappa shape index (κ1) is 18.7. The van der Waals surface area contributed by atoms with E-state index in [0.717, 1.165) is 28.0 Å². The van der Waals surface area contributed by atoms with E-state index in [9.17, 15) is 9.59 Å². The summed E-state index contributed by atoms with van der Waals surface area (Å²) >= 11 is 0. The van der Waals surface area contributed by atoms with Crippen molar-refractivity contribution in [3.05, 3.63) is 65.5 Å². The van der Waals surface area contributed by atoms with E-state index in [1.165, 1.54) is 0 Å². The molecule has 2 aromatic carbocycles. The molecule has 1 aliphatic rings. The Balaban J connectivity index is 1.54. The number of fused-ring (bicyclic) bond motifs is 1. The number of aromatic amines is 1. The molecule has 148 valence electrons. The number of amides is 2. The Morgan fingerprint density at radius 3 is 2.76 bits per heavy atom. The molecule has 1 aliphatic heterocycles. The average molecular weight is 391 g/mol. The molecular formula is C21H21N5O3. The molecule has 0 spiro atoms. The molecule has 0 radical (unpaired) electrons. The average Bonchev–Trinajstić information content (AvgIpc) is 3.28. The lowest BCUT2D eigenvalue weighted by Crippen LogP contribution is -2.44. The number of primary amides is 1. The summed E-state index contributed by atoms with van der Waals surface area (Å²) in [5.74, 6) is -0.0787. The monoisotopic (exact) mass is 391 g/mol. The first-order valence-corrected chi connectivity index (χ1v) is 9.18. The van der Waals surface area contributed by atoms with Crippen LogP contribution in [0.4, 0.5) is 5.69 Å². The number of aromatic nitrogens is 2. The fraction of sp³-hybridized carbons (Fsp3) is 0.190. The molecule has 0 unspecified atom stereocenters. The normalized spacial score (nSPS) is 15.4. The molecule has 0 fully saturated rings. The van der Waals surface area contributed by atoms with E-state index >= 15 is 0 Å². The van der Waals surface area contributed by atoms with Crippen molar-refractivity contribution in [2.24, 2.45) is 5.73 Å². The topological polar surface area (TPSA) is 122 Å². The molecule has 29 heavy (non-hydrogen) atoms. The van der Waals surface area contributed by atoms with Crippen molar-refractivity contribution in [2.45, 2.75) is 19.0 Å². The molecule has 1 atom stereocenters. The van der Waals surface area contributed by atoms with Gasteiger partial charge in [-0.1, -0.05) is 12.1 Å². The van der Waals surface area contributed by atoms with Crippen LogP contribution in [0.2, 0.25) is 0 Å². The van der Waals surface area contributed by atoms with Gasteiger partial charge in [-0.2, -0.15) is 5.10 Å². The lowest BCUT2D eigenvalue weighted by molar-refractivity contribution is -0.118. The Bertz CT molecular complexity index is 1060. The van der Waals surface area contributed by atoms with Gasteiger partial charge < -0.3 is 21.1 Å². The summed E-state index contributed by atoms with van der Waals surface area (Å²) in [7, 11) is 1.62. The Hall–Kier alpha value is -3.65. The van der Waals surface area contributed by atoms with Crippen LogP contribution in [0.25, 0.3) is 11.1 Å². The van der Waals surface area contributed by atoms with E-state index in [2.05, 4.69) is 20.8 Å². The van der Waals surface area contributed by atoms with Crippen LogP contribution < -0.4 is 21.1 Å². The molecule has 3 aromatic rings. The third-order valence-electron chi connectivity index (χ3n) is 5.07. The van der Waals surface area contributed by atoms with Crippen molar-refractivity contribution in [1.82, 2.24) is 15.5 Å². The molecule has 2 amide bonds. The zero-order chi connectivity index (χ0) is 20.4. The minimum atomic E-state index is -0.614. The number of anilines is 1. The minimum absolute atomic E-state index is 0.225. The Labute approximate surface area is 167 Å². The van der Waals surface area contributed by atoms with Gasteiger partial charge in [-0.25, -0.2) is 0 Å². The molecule has 5 N–H and O–H groups in total.